The lowest BCUT2D eigenvalue weighted by Gasteiger charge is -2.00. The van der Waals surface area contributed by atoms with Crippen molar-refractivity contribution in [2.45, 2.75) is 25.9 Å². The Morgan fingerprint density at radius 1 is 1.06 bits per heavy atom. The molecule has 1 nitrogen and oxygen atoms in total. The van der Waals surface area contributed by atoms with E-state index in [9.17, 15) is 0 Å². The Balaban J connectivity index is 2.01. The molecule has 0 amide bonds. The van der Waals surface area contributed by atoms with E-state index in [2.05, 4.69) is 30.9 Å². The molecule has 1 aromatic carbocycles. The quantitative estimate of drug-likeness (QED) is 0.469. The first-order valence-electron chi connectivity index (χ1n) is 5.81. The highest BCUT2D eigenvalue weighted by atomic mass is 16.5. The van der Waals surface area contributed by atoms with E-state index in [1.807, 2.05) is 24.3 Å². The Morgan fingerprint density at radius 2 is 1.88 bits per heavy atom. The molecule has 0 saturated carbocycles. The van der Waals surface area contributed by atoms with Gasteiger partial charge in [-0.1, -0.05) is 48.6 Å². The molecule has 0 aliphatic rings. The van der Waals surface area contributed by atoms with Crippen molar-refractivity contribution in [2.75, 3.05) is 6.61 Å². The second-order valence-corrected chi connectivity index (χ2v) is 3.69. The van der Waals surface area contributed by atoms with Gasteiger partial charge in [0.1, 0.15) is 0 Å². The van der Waals surface area contributed by atoms with Crippen LogP contribution in [0.2, 0.25) is 0 Å². The zero-order valence-electron chi connectivity index (χ0n) is 9.77. The molecule has 0 heterocycles. The Labute approximate surface area is 98.5 Å². The molecule has 0 atom stereocenters. The molecule has 86 valence electrons. The molecule has 0 saturated heterocycles. The molecule has 0 aromatic heterocycles. The van der Waals surface area contributed by atoms with Crippen LogP contribution in [-0.2, 0) is 11.3 Å². The smallest absolute Gasteiger partial charge is 0.0721 e. The van der Waals surface area contributed by atoms with E-state index in [0.717, 1.165) is 12.8 Å². The number of ether oxygens (including phenoxy) is 1. The van der Waals surface area contributed by atoms with Crippen molar-refractivity contribution >= 4 is 0 Å². The molecule has 1 aromatic rings. The van der Waals surface area contributed by atoms with E-state index in [-0.39, 0.29) is 0 Å². The maximum Gasteiger partial charge on any atom is 0.0721 e. The van der Waals surface area contributed by atoms with Crippen LogP contribution in [0.15, 0.2) is 55.1 Å². The van der Waals surface area contributed by atoms with E-state index in [1.54, 1.807) is 0 Å². The molecule has 0 spiro atoms. The number of unbranched alkanes of at least 4 members (excludes halogenated alkanes) is 2. The molecule has 1 heteroatoms. The van der Waals surface area contributed by atoms with Gasteiger partial charge in [-0.2, -0.15) is 0 Å². The average molecular weight is 216 g/mol. The van der Waals surface area contributed by atoms with E-state index in [1.165, 1.54) is 12.0 Å². The zero-order valence-corrected chi connectivity index (χ0v) is 9.77. The van der Waals surface area contributed by atoms with Crippen molar-refractivity contribution in [2.24, 2.45) is 0 Å². The van der Waals surface area contributed by atoms with Crippen molar-refractivity contribution in [3.05, 3.63) is 60.7 Å². The van der Waals surface area contributed by atoms with Gasteiger partial charge in [0.05, 0.1) is 13.2 Å². The molecule has 0 aliphatic heterocycles. The van der Waals surface area contributed by atoms with Crippen molar-refractivity contribution in [1.82, 2.24) is 0 Å². The van der Waals surface area contributed by atoms with Gasteiger partial charge >= 0.3 is 0 Å². The summed E-state index contributed by atoms with van der Waals surface area (Å²) in [4.78, 5) is 0. The first-order valence-corrected chi connectivity index (χ1v) is 5.81. The summed E-state index contributed by atoms with van der Waals surface area (Å²) >= 11 is 0. The monoisotopic (exact) mass is 216 g/mol. The highest BCUT2D eigenvalue weighted by Crippen LogP contribution is 2.01. The molecule has 0 radical (unpaired) electrons. The Morgan fingerprint density at radius 3 is 2.62 bits per heavy atom. The van der Waals surface area contributed by atoms with E-state index in [0.29, 0.717) is 13.2 Å². The molecular weight excluding hydrogens is 196 g/mol. The minimum atomic E-state index is 0.692. The van der Waals surface area contributed by atoms with Crippen LogP contribution in [-0.4, -0.2) is 6.61 Å². The average Bonchev–Trinajstić information content (AvgIpc) is 2.34. The number of hydrogen-bond donors (Lipinski definition) is 0. The standard InChI is InChI=1S/C15H20O/c1-2-3-4-5-6-10-13-16-14-15-11-8-7-9-12-15/h2,6-12H,1,3-5,13-14H2/b10-6+. The molecular formula is C15H20O. The summed E-state index contributed by atoms with van der Waals surface area (Å²) in [5.74, 6) is 0. The summed E-state index contributed by atoms with van der Waals surface area (Å²) in [5, 5.41) is 0. The summed E-state index contributed by atoms with van der Waals surface area (Å²) in [7, 11) is 0. The first kappa shape index (κ1) is 12.7. The SMILES string of the molecule is C=CCCC/C=C/COCc1ccccc1. The number of hydrogen-bond acceptors (Lipinski definition) is 1. The van der Waals surface area contributed by atoms with Crippen molar-refractivity contribution in [3.8, 4) is 0 Å². The van der Waals surface area contributed by atoms with Crippen molar-refractivity contribution < 1.29 is 4.74 Å². The molecule has 0 fully saturated rings. The summed E-state index contributed by atoms with van der Waals surface area (Å²) < 4.78 is 5.52. The lowest BCUT2D eigenvalue weighted by atomic mass is 10.2. The number of rotatable bonds is 8. The second-order valence-electron chi connectivity index (χ2n) is 3.69. The molecule has 0 unspecified atom stereocenters. The molecule has 16 heavy (non-hydrogen) atoms. The number of allylic oxidation sites excluding steroid dienone is 2. The minimum Gasteiger partial charge on any atom is -0.373 e. The van der Waals surface area contributed by atoms with Crippen LogP contribution < -0.4 is 0 Å². The molecule has 1 rings (SSSR count). The van der Waals surface area contributed by atoms with Crippen LogP contribution in [0, 0.1) is 0 Å². The predicted octanol–water partition coefficient (Wildman–Crippen LogP) is 4.12. The largest absolute Gasteiger partial charge is 0.373 e. The summed E-state index contributed by atoms with van der Waals surface area (Å²) in [5.41, 5.74) is 1.22. The fourth-order valence-corrected chi connectivity index (χ4v) is 1.38. The van der Waals surface area contributed by atoms with Crippen LogP contribution in [0.25, 0.3) is 0 Å². The van der Waals surface area contributed by atoms with Gasteiger partial charge in [-0.15, -0.1) is 6.58 Å². The van der Waals surface area contributed by atoms with Crippen LogP contribution >= 0.6 is 0 Å². The van der Waals surface area contributed by atoms with Gasteiger partial charge in [-0.3, -0.25) is 0 Å². The van der Waals surface area contributed by atoms with Gasteiger partial charge in [-0.25, -0.2) is 0 Å². The number of benzene rings is 1. The normalized spacial score (nSPS) is 10.8. The fourth-order valence-electron chi connectivity index (χ4n) is 1.38. The Kier molecular flexibility index (Phi) is 7.10. The second kappa shape index (κ2) is 8.93. The zero-order chi connectivity index (χ0) is 11.5. The third-order valence-electron chi connectivity index (χ3n) is 2.27. The summed E-state index contributed by atoms with van der Waals surface area (Å²) in [6.07, 6.45) is 9.61. The molecule has 0 N–H and O–H groups in total. The van der Waals surface area contributed by atoms with Gasteiger partial charge in [0.15, 0.2) is 0 Å². The Hall–Kier alpha value is -1.34. The maximum absolute atomic E-state index is 5.52. The Bertz CT molecular complexity index is 300. The highest BCUT2D eigenvalue weighted by Gasteiger charge is 1.88. The molecule has 0 bridgehead atoms. The third-order valence-corrected chi connectivity index (χ3v) is 2.27. The van der Waals surface area contributed by atoms with Gasteiger partial charge < -0.3 is 4.74 Å². The maximum atomic E-state index is 5.52. The predicted molar refractivity (Wildman–Crippen MR) is 69.3 cm³/mol. The van der Waals surface area contributed by atoms with E-state index < -0.39 is 0 Å². The lowest BCUT2D eigenvalue weighted by molar-refractivity contribution is 0.148. The van der Waals surface area contributed by atoms with Crippen molar-refractivity contribution in [3.63, 3.8) is 0 Å². The van der Waals surface area contributed by atoms with Gasteiger partial charge in [0, 0.05) is 0 Å². The highest BCUT2D eigenvalue weighted by molar-refractivity contribution is 5.13. The lowest BCUT2D eigenvalue weighted by Crippen LogP contribution is -1.91. The first-order chi connectivity index (χ1) is 7.93. The van der Waals surface area contributed by atoms with Gasteiger partial charge in [0.2, 0.25) is 0 Å². The van der Waals surface area contributed by atoms with Crippen LogP contribution in [0.4, 0.5) is 0 Å². The minimum absolute atomic E-state index is 0.692. The van der Waals surface area contributed by atoms with Crippen LogP contribution in [0.5, 0.6) is 0 Å². The topological polar surface area (TPSA) is 9.23 Å². The summed E-state index contributed by atoms with van der Waals surface area (Å²) in [6.45, 7) is 5.08. The fraction of sp³-hybridized carbons (Fsp3) is 0.333. The van der Waals surface area contributed by atoms with Crippen LogP contribution in [0.1, 0.15) is 24.8 Å². The van der Waals surface area contributed by atoms with Gasteiger partial charge in [0.25, 0.3) is 0 Å². The molecule has 0 aliphatic carbocycles. The summed E-state index contributed by atoms with van der Waals surface area (Å²) in [6, 6.07) is 10.2. The van der Waals surface area contributed by atoms with Crippen LogP contribution in [0.3, 0.4) is 0 Å². The third kappa shape index (κ3) is 6.20. The van der Waals surface area contributed by atoms with Crippen molar-refractivity contribution in [1.29, 1.82) is 0 Å². The van der Waals surface area contributed by atoms with Gasteiger partial charge in [-0.05, 0) is 24.8 Å². The van der Waals surface area contributed by atoms with E-state index >= 15 is 0 Å². The van der Waals surface area contributed by atoms with E-state index in [4.69, 9.17) is 4.74 Å².